The van der Waals surface area contributed by atoms with E-state index in [0.29, 0.717) is 6.42 Å². The zero-order valence-corrected chi connectivity index (χ0v) is 10.3. The van der Waals surface area contributed by atoms with Crippen molar-refractivity contribution in [2.24, 2.45) is 5.92 Å². The quantitative estimate of drug-likeness (QED) is 0.845. The fourth-order valence-corrected chi connectivity index (χ4v) is 1.83. The van der Waals surface area contributed by atoms with E-state index in [1.54, 1.807) is 11.9 Å². The molecule has 4 heteroatoms. The number of amides is 2. The normalized spacial score (nSPS) is 14.1. The van der Waals surface area contributed by atoms with Gasteiger partial charge in [-0.3, -0.25) is 9.59 Å². The van der Waals surface area contributed by atoms with Gasteiger partial charge in [-0.15, -0.1) is 0 Å². The van der Waals surface area contributed by atoms with Crippen LogP contribution in [0.1, 0.15) is 19.4 Å². The van der Waals surface area contributed by atoms with Crippen molar-refractivity contribution in [3.8, 4) is 0 Å². The van der Waals surface area contributed by atoms with Crippen LogP contribution in [0.5, 0.6) is 0 Å². The number of nitrogens with zero attached hydrogens (tertiary/aromatic N) is 1. The lowest BCUT2D eigenvalue weighted by molar-refractivity contribution is -0.119. The second kappa shape index (κ2) is 4.20. The number of carbonyl (C=O) groups is 2. The lowest BCUT2D eigenvalue weighted by Crippen LogP contribution is -2.20. The molecule has 0 radical (unpaired) electrons. The van der Waals surface area contributed by atoms with E-state index in [4.69, 9.17) is 0 Å². The Labute approximate surface area is 101 Å². The molecule has 0 aliphatic carbocycles. The second-order valence-corrected chi connectivity index (χ2v) is 4.62. The molecular formula is C13H16N2O2. The maximum absolute atomic E-state index is 11.6. The molecule has 0 saturated carbocycles. The molecule has 1 N–H and O–H groups in total. The van der Waals surface area contributed by atoms with Crippen LogP contribution in [0.2, 0.25) is 0 Å². The Hall–Kier alpha value is -1.84. The number of nitrogens with one attached hydrogen (secondary N) is 1. The van der Waals surface area contributed by atoms with E-state index in [1.165, 1.54) is 0 Å². The van der Waals surface area contributed by atoms with Gasteiger partial charge in [0.05, 0.1) is 6.42 Å². The smallest absolute Gasteiger partial charge is 0.231 e. The van der Waals surface area contributed by atoms with Gasteiger partial charge >= 0.3 is 0 Å². The molecule has 0 fully saturated rings. The lowest BCUT2D eigenvalue weighted by atomic mass is 10.1. The number of anilines is 2. The molecule has 0 spiro atoms. The van der Waals surface area contributed by atoms with Crippen molar-refractivity contribution in [1.82, 2.24) is 0 Å². The largest absolute Gasteiger partial charge is 0.326 e. The average Bonchev–Trinajstić information content (AvgIpc) is 2.54. The number of likely N-dealkylation sites (N-methyl/N-ethyl adjacent to an activating group) is 1. The van der Waals surface area contributed by atoms with Crippen molar-refractivity contribution in [2.75, 3.05) is 17.3 Å². The van der Waals surface area contributed by atoms with Gasteiger partial charge < -0.3 is 10.2 Å². The molecular weight excluding hydrogens is 216 g/mol. The SMILES string of the molecule is CC(C)C(=O)Nc1ccc2c(c1)CC(=O)N2C. The first kappa shape index (κ1) is 11.6. The maximum atomic E-state index is 11.6. The van der Waals surface area contributed by atoms with E-state index >= 15 is 0 Å². The van der Waals surface area contributed by atoms with Gasteiger partial charge in [-0.1, -0.05) is 13.8 Å². The van der Waals surface area contributed by atoms with Crippen LogP contribution >= 0.6 is 0 Å². The van der Waals surface area contributed by atoms with Crippen molar-refractivity contribution < 1.29 is 9.59 Å². The van der Waals surface area contributed by atoms with Gasteiger partial charge in [0.2, 0.25) is 11.8 Å². The van der Waals surface area contributed by atoms with Gasteiger partial charge in [0.1, 0.15) is 0 Å². The first-order valence-electron chi connectivity index (χ1n) is 5.69. The van der Waals surface area contributed by atoms with Crippen LogP contribution in [0.15, 0.2) is 18.2 Å². The number of carbonyl (C=O) groups excluding carboxylic acids is 2. The predicted octanol–water partition coefficient (Wildman–Crippen LogP) is 1.80. The number of hydrogen-bond acceptors (Lipinski definition) is 2. The molecule has 90 valence electrons. The summed E-state index contributed by atoms with van der Waals surface area (Å²) < 4.78 is 0. The molecule has 1 aromatic carbocycles. The summed E-state index contributed by atoms with van der Waals surface area (Å²) in [5, 5.41) is 2.83. The summed E-state index contributed by atoms with van der Waals surface area (Å²) in [6.45, 7) is 3.69. The van der Waals surface area contributed by atoms with Crippen molar-refractivity contribution in [2.45, 2.75) is 20.3 Å². The first-order valence-corrected chi connectivity index (χ1v) is 5.69. The molecule has 1 heterocycles. The van der Waals surface area contributed by atoms with Gasteiger partial charge in [0.25, 0.3) is 0 Å². The van der Waals surface area contributed by atoms with Crippen molar-refractivity contribution in [3.05, 3.63) is 23.8 Å². The van der Waals surface area contributed by atoms with Gasteiger partial charge in [-0.2, -0.15) is 0 Å². The Morgan fingerprint density at radius 1 is 1.41 bits per heavy atom. The summed E-state index contributed by atoms with van der Waals surface area (Å²) in [5.74, 6) is 0.0301. The first-order chi connectivity index (χ1) is 7.99. The van der Waals surface area contributed by atoms with E-state index in [2.05, 4.69) is 5.32 Å². The molecule has 2 rings (SSSR count). The highest BCUT2D eigenvalue weighted by Gasteiger charge is 2.24. The molecule has 1 aromatic rings. The minimum atomic E-state index is -0.0486. The fraction of sp³-hybridized carbons (Fsp3) is 0.385. The third-order valence-corrected chi connectivity index (χ3v) is 2.95. The van der Waals surface area contributed by atoms with E-state index in [9.17, 15) is 9.59 Å². The topological polar surface area (TPSA) is 49.4 Å². The van der Waals surface area contributed by atoms with Gasteiger partial charge in [-0.05, 0) is 23.8 Å². The molecule has 2 amide bonds. The average molecular weight is 232 g/mol. The zero-order chi connectivity index (χ0) is 12.6. The van der Waals surface area contributed by atoms with Crippen LogP contribution in [0.4, 0.5) is 11.4 Å². The molecule has 17 heavy (non-hydrogen) atoms. The van der Waals surface area contributed by atoms with Crippen LogP contribution in [0.25, 0.3) is 0 Å². The second-order valence-electron chi connectivity index (χ2n) is 4.62. The fourth-order valence-electron chi connectivity index (χ4n) is 1.83. The van der Waals surface area contributed by atoms with Crippen LogP contribution < -0.4 is 10.2 Å². The lowest BCUT2D eigenvalue weighted by Gasteiger charge is -2.12. The highest BCUT2D eigenvalue weighted by atomic mass is 16.2. The number of fused-ring (bicyclic) bond motifs is 1. The summed E-state index contributed by atoms with van der Waals surface area (Å²) >= 11 is 0. The van der Waals surface area contributed by atoms with E-state index in [-0.39, 0.29) is 17.7 Å². The Kier molecular flexibility index (Phi) is 2.88. The highest BCUT2D eigenvalue weighted by molar-refractivity contribution is 6.02. The Balaban J connectivity index is 2.22. The summed E-state index contributed by atoms with van der Waals surface area (Å²) in [7, 11) is 1.76. The molecule has 1 aliphatic rings. The van der Waals surface area contributed by atoms with E-state index in [0.717, 1.165) is 16.9 Å². The summed E-state index contributed by atoms with van der Waals surface area (Å²) in [6, 6.07) is 5.57. The number of rotatable bonds is 2. The highest BCUT2D eigenvalue weighted by Crippen LogP contribution is 2.29. The monoisotopic (exact) mass is 232 g/mol. The number of benzene rings is 1. The van der Waals surface area contributed by atoms with Gasteiger partial charge in [0.15, 0.2) is 0 Å². The van der Waals surface area contributed by atoms with Crippen LogP contribution in [-0.4, -0.2) is 18.9 Å². The number of hydrogen-bond donors (Lipinski definition) is 1. The standard InChI is InChI=1S/C13H16N2O2/c1-8(2)13(17)14-10-4-5-11-9(6-10)7-12(16)15(11)3/h4-6,8H,7H2,1-3H3,(H,14,17). The molecule has 1 aliphatic heterocycles. The Morgan fingerprint density at radius 3 is 2.76 bits per heavy atom. The van der Waals surface area contributed by atoms with Crippen LogP contribution in [0, 0.1) is 5.92 Å². The summed E-state index contributed by atoms with van der Waals surface area (Å²) in [6.07, 6.45) is 0.414. The summed E-state index contributed by atoms with van der Waals surface area (Å²) in [5.41, 5.74) is 2.65. The molecule has 0 atom stereocenters. The molecule has 0 aromatic heterocycles. The Bertz CT molecular complexity index is 480. The van der Waals surface area contributed by atoms with Crippen LogP contribution in [0.3, 0.4) is 0 Å². The van der Waals surface area contributed by atoms with Gasteiger partial charge in [-0.25, -0.2) is 0 Å². The van der Waals surface area contributed by atoms with Gasteiger partial charge in [0, 0.05) is 24.3 Å². The third-order valence-electron chi connectivity index (χ3n) is 2.95. The molecule has 0 unspecified atom stereocenters. The van der Waals surface area contributed by atoms with Crippen molar-refractivity contribution >= 4 is 23.2 Å². The Morgan fingerprint density at radius 2 is 2.12 bits per heavy atom. The molecule has 0 saturated heterocycles. The molecule has 0 bridgehead atoms. The predicted molar refractivity (Wildman–Crippen MR) is 67.0 cm³/mol. The van der Waals surface area contributed by atoms with Crippen molar-refractivity contribution in [3.63, 3.8) is 0 Å². The molecule has 4 nitrogen and oxygen atoms in total. The van der Waals surface area contributed by atoms with E-state index in [1.807, 2.05) is 32.0 Å². The minimum absolute atomic E-state index is 0.0115. The summed E-state index contributed by atoms with van der Waals surface area (Å²) in [4.78, 5) is 24.7. The zero-order valence-electron chi connectivity index (χ0n) is 10.3. The van der Waals surface area contributed by atoms with Crippen LogP contribution in [-0.2, 0) is 16.0 Å². The minimum Gasteiger partial charge on any atom is -0.326 e. The van der Waals surface area contributed by atoms with Crippen molar-refractivity contribution in [1.29, 1.82) is 0 Å². The maximum Gasteiger partial charge on any atom is 0.231 e. The van der Waals surface area contributed by atoms with E-state index < -0.39 is 0 Å². The third kappa shape index (κ3) is 2.16.